The van der Waals surface area contributed by atoms with E-state index in [-0.39, 0.29) is 17.6 Å². The van der Waals surface area contributed by atoms with E-state index in [1.54, 1.807) is 27.7 Å². The summed E-state index contributed by atoms with van der Waals surface area (Å²) in [4.78, 5) is 11.1. The van der Waals surface area contributed by atoms with Crippen LogP contribution in [-0.2, 0) is 20.7 Å². The van der Waals surface area contributed by atoms with Crippen LogP contribution in [0.1, 0.15) is 45.2 Å². The quantitative estimate of drug-likeness (QED) is 0.840. The molecule has 1 aliphatic heterocycles. The lowest BCUT2D eigenvalue weighted by Crippen LogP contribution is -2.41. The van der Waals surface area contributed by atoms with Crippen LogP contribution < -0.4 is 10.8 Å². The van der Waals surface area contributed by atoms with Gasteiger partial charge in [0.15, 0.2) is 0 Å². The number of rotatable bonds is 4. The molecule has 1 saturated heterocycles. The summed E-state index contributed by atoms with van der Waals surface area (Å²) >= 11 is 0. The molecule has 0 aromatic heterocycles. The van der Waals surface area contributed by atoms with Crippen LogP contribution in [0.5, 0.6) is 0 Å². The second-order valence-corrected chi connectivity index (χ2v) is 6.80. The van der Waals surface area contributed by atoms with E-state index in [2.05, 4.69) is 5.32 Å². The molecule has 0 bridgehead atoms. The molecule has 0 unspecified atom stereocenters. The Morgan fingerprint density at radius 2 is 1.80 bits per heavy atom. The largest absolute Gasteiger partial charge is 0.498 e. The molecule has 9 heteroatoms. The zero-order valence-corrected chi connectivity index (χ0v) is 14.8. The number of carbonyl (C=O) groups excluding carboxylic acids is 1. The highest BCUT2D eigenvalue weighted by atomic mass is 19.3. The average molecular weight is 359 g/mol. The molecule has 1 aromatic rings. The zero-order chi connectivity index (χ0) is 19.0. The Morgan fingerprint density at radius 1 is 1.24 bits per heavy atom. The highest BCUT2D eigenvalue weighted by Crippen LogP contribution is 2.37. The average Bonchev–Trinajstić information content (AvgIpc) is 2.71. The fraction of sp³-hybridized carbons (Fsp3) is 0.562. The molecule has 138 valence electrons. The second-order valence-electron chi connectivity index (χ2n) is 6.80. The lowest BCUT2D eigenvalue weighted by molar-refractivity contribution is 0.00578. The van der Waals surface area contributed by atoms with Crippen molar-refractivity contribution in [3.63, 3.8) is 0 Å². The van der Waals surface area contributed by atoms with Crippen LogP contribution in [0.15, 0.2) is 12.1 Å². The monoisotopic (exact) mass is 359 g/mol. The summed E-state index contributed by atoms with van der Waals surface area (Å²) in [5.74, 6) is -0.896. The summed E-state index contributed by atoms with van der Waals surface area (Å²) in [7, 11) is 0.109. The lowest BCUT2D eigenvalue weighted by Gasteiger charge is -2.32. The van der Waals surface area contributed by atoms with Crippen molar-refractivity contribution in [3.8, 4) is 0 Å². The Kier molecular flexibility index (Phi) is 5.39. The van der Waals surface area contributed by atoms with Crippen molar-refractivity contribution in [2.45, 2.75) is 51.9 Å². The van der Waals surface area contributed by atoms with Gasteiger partial charge in [0.1, 0.15) is 12.4 Å². The van der Waals surface area contributed by atoms with Gasteiger partial charge in [0, 0.05) is 18.1 Å². The number of hydrogen-bond donors (Lipinski definition) is 1. The molecule has 5 nitrogen and oxygen atoms in total. The van der Waals surface area contributed by atoms with Crippen molar-refractivity contribution in [1.29, 1.82) is 0 Å². The summed E-state index contributed by atoms with van der Waals surface area (Å²) in [6, 6.07) is 2.13. The van der Waals surface area contributed by atoms with Gasteiger partial charge in [0.25, 0.3) is 6.43 Å². The van der Waals surface area contributed by atoms with E-state index in [9.17, 15) is 18.0 Å². The number of hydrogen-bond acceptors (Lipinski definition) is 4. The highest BCUT2D eigenvalue weighted by molar-refractivity contribution is 6.62. The van der Waals surface area contributed by atoms with Gasteiger partial charge in [-0.2, -0.15) is 0 Å². The number of carbonyl (C=O) groups is 1. The van der Waals surface area contributed by atoms with Crippen molar-refractivity contribution < 1.29 is 32.0 Å². The molecule has 0 saturated carbocycles. The molecule has 2 rings (SSSR count). The third-order valence-corrected chi connectivity index (χ3v) is 4.52. The van der Waals surface area contributed by atoms with Gasteiger partial charge in [-0.1, -0.05) is 0 Å². The number of benzene rings is 1. The first kappa shape index (κ1) is 19.6. The third-order valence-electron chi connectivity index (χ3n) is 4.52. The molecule has 25 heavy (non-hydrogen) atoms. The van der Waals surface area contributed by atoms with Gasteiger partial charge < -0.3 is 19.4 Å². The molecule has 1 aliphatic rings. The van der Waals surface area contributed by atoms with E-state index in [4.69, 9.17) is 14.0 Å². The molecule has 0 spiro atoms. The summed E-state index contributed by atoms with van der Waals surface area (Å²) in [6.45, 7) is 6.66. The maximum atomic E-state index is 14.6. The summed E-state index contributed by atoms with van der Waals surface area (Å²) in [6.07, 6.45) is -3.68. The Morgan fingerprint density at radius 3 is 2.28 bits per heavy atom. The van der Waals surface area contributed by atoms with E-state index in [0.717, 1.165) is 12.1 Å². The van der Waals surface area contributed by atoms with Crippen LogP contribution in [-0.4, -0.2) is 31.5 Å². The minimum Gasteiger partial charge on any atom is -0.445 e. The number of ether oxygens (including phenoxy) is 1. The SMILES string of the molecule is CNC(=O)OCc1cc(F)c(B2OC(C)(C)C(C)(C)O2)c(C(F)F)c1. The molecule has 0 aliphatic carbocycles. The van der Waals surface area contributed by atoms with Crippen LogP contribution in [0.3, 0.4) is 0 Å². The fourth-order valence-electron chi connectivity index (χ4n) is 2.39. The molecule has 1 amide bonds. The topological polar surface area (TPSA) is 56.8 Å². The Hall–Kier alpha value is -1.74. The van der Waals surface area contributed by atoms with Crippen molar-refractivity contribution in [2.75, 3.05) is 7.05 Å². The fourth-order valence-corrected chi connectivity index (χ4v) is 2.39. The number of nitrogens with one attached hydrogen (secondary N) is 1. The molecule has 1 heterocycles. The van der Waals surface area contributed by atoms with Gasteiger partial charge in [-0.25, -0.2) is 18.0 Å². The van der Waals surface area contributed by atoms with Gasteiger partial charge in [-0.3, -0.25) is 0 Å². The lowest BCUT2D eigenvalue weighted by atomic mass is 9.75. The van der Waals surface area contributed by atoms with Gasteiger partial charge >= 0.3 is 13.2 Å². The van der Waals surface area contributed by atoms with E-state index in [1.165, 1.54) is 7.05 Å². The van der Waals surface area contributed by atoms with Crippen LogP contribution in [0.25, 0.3) is 0 Å². The van der Waals surface area contributed by atoms with Crippen molar-refractivity contribution in [2.24, 2.45) is 0 Å². The number of alkyl halides is 2. The molecule has 1 aromatic carbocycles. The molecule has 0 atom stereocenters. The molecule has 1 N–H and O–H groups in total. The summed E-state index contributed by atoms with van der Waals surface area (Å²) in [5.41, 5.74) is -2.35. The standard InChI is InChI=1S/C16H21BF3NO4/c1-15(2)16(3,4)25-17(24-15)12-10(13(19)20)6-9(7-11(12)18)8-23-14(22)21-5/h6-7,13H,8H2,1-5H3,(H,21,22). The minimum atomic E-state index is -2.94. The van der Waals surface area contributed by atoms with E-state index in [0.29, 0.717) is 0 Å². The maximum Gasteiger partial charge on any atom is 0.498 e. The normalized spacial score (nSPS) is 18.5. The highest BCUT2D eigenvalue weighted by Gasteiger charge is 2.53. The van der Waals surface area contributed by atoms with Crippen molar-refractivity contribution >= 4 is 18.7 Å². The smallest absolute Gasteiger partial charge is 0.445 e. The number of halogens is 3. The van der Waals surface area contributed by atoms with Crippen LogP contribution in [0.2, 0.25) is 0 Å². The van der Waals surface area contributed by atoms with Gasteiger partial charge in [-0.05, 0) is 45.4 Å². The number of amides is 1. The first-order chi connectivity index (χ1) is 11.5. The summed E-state index contributed by atoms with van der Waals surface area (Å²) < 4.78 is 57.7. The predicted octanol–water partition coefficient (Wildman–Crippen LogP) is 2.92. The van der Waals surface area contributed by atoms with E-state index < -0.39 is 42.2 Å². The minimum absolute atomic E-state index is 0.108. The van der Waals surface area contributed by atoms with Crippen LogP contribution in [0.4, 0.5) is 18.0 Å². The first-order valence-electron chi connectivity index (χ1n) is 7.79. The maximum absolute atomic E-state index is 14.6. The Bertz CT molecular complexity index is 651. The molecular weight excluding hydrogens is 338 g/mol. The van der Waals surface area contributed by atoms with Crippen LogP contribution >= 0.6 is 0 Å². The molecular formula is C16H21BF3NO4. The Balaban J connectivity index is 2.37. The zero-order valence-electron chi connectivity index (χ0n) is 14.8. The van der Waals surface area contributed by atoms with E-state index >= 15 is 0 Å². The molecule has 1 fully saturated rings. The number of alkyl carbamates (subject to hydrolysis) is 1. The van der Waals surface area contributed by atoms with Crippen LogP contribution in [0, 0.1) is 5.82 Å². The predicted molar refractivity (Wildman–Crippen MR) is 86.3 cm³/mol. The second kappa shape index (κ2) is 6.88. The van der Waals surface area contributed by atoms with Gasteiger partial charge in [0.05, 0.1) is 11.2 Å². The van der Waals surface area contributed by atoms with E-state index in [1.807, 2.05) is 0 Å². The Labute approximate surface area is 145 Å². The molecule has 0 radical (unpaired) electrons. The van der Waals surface area contributed by atoms with Crippen molar-refractivity contribution in [1.82, 2.24) is 5.32 Å². The third kappa shape index (κ3) is 3.93. The first-order valence-corrected chi connectivity index (χ1v) is 7.79. The summed E-state index contributed by atoms with van der Waals surface area (Å²) in [5, 5.41) is 2.22. The van der Waals surface area contributed by atoms with Gasteiger partial charge in [-0.15, -0.1) is 0 Å². The van der Waals surface area contributed by atoms with Gasteiger partial charge in [0.2, 0.25) is 0 Å². The van der Waals surface area contributed by atoms with Crippen molar-refractivity contribution in [3.05, 3.63) is 29.1 Å².